The average Bonchev–Trinajstić information content (AvgIpc) is 4.17. The van der Waals surface area contributed by atoms with Crippen molar-refractivity contribution in [3.63, 3.8) is 0 Å². The van der Waals surface area contributed by atoms with E-state index in [0.29, 0.717) is 72.8 Å². The molecule has 2 atom stereocenters. The third kappa shape index (κ3) is 12.9. The number of methoxy groups -OCH3 is 2. The molecular formula is C51H58B2F2N8O8. The van der Waals surface area contributed by atoms with Crippen LogP contribution in [0.15, 0.2) is 97.8 Å². The maximum atomic E-state index is 13.7. The molecule has 0 aliphatic carbocycles. The number of carbonyl (C=O) groups is 3. The minimum Gasteiger partial charge on any atom is -0.497 e. The van der Waals surface area contributed by atoms with Gasteiger partial charge in [-0.05, 0) is 128 Å². The molecule has 0 spiro atoms. The Hall–Kier alpha value is -6.92. The predicted octanol–water partition coefficient (Wildman–Crippen LogP) is 6.80. The highest BCUT2D eigenvalue weighted by Crippen LogP contribution is 2.37. The summed E-state index contributed by atoms with van der Waals surface area (Å²) in [6.45, 7) is 14.5. The SMILES string of the molecule is CC(C)(C)OC(=O)n1cc(B2OC(C)(C)C(C)(C)O2)cn1.COc1cc(F)cc(CC2CCN(c3ccc(-c4cn[nH]c4)cn3)C2=O)c1.[B]c1ccc(N2CCC(Cc3cc(F)cc(OC)c3)C2=O)nc1. The molecule has 4 aromatic heterocycles. The number of rotatable bonds is 10. The molecule has 0 saturated carbocycles. The molecule has 3 saturated heterocycles. The van der Waals surface area contributed by atoms with Crippen LogP contribution in [0.5, 0.6) is 11.5 Å². The lowest BCUT2D eigenvalue weighted by Crippen LogP contribution is -2.41. The molecule has 3 aliphatic heterocycles. The fourth-order valence-corrected chi connectivity index (χ4v) is 8.12. The van der Waals surface area contributed by atoms with E-state index >= 15 is 0 Å². The number of anilines is 2. The number of nitrogens with one attached hydrogen (secondary N) is 1. The molecule has 0 bridgehead atoms. The van der Waals surface area contributed by atoms with Crippen LogP contribution in [0.1, 0.15) is 72.4 Å². The molecule has 16 nitrogen and oxygen atoms in total. The largest absolute Gasteiger partial charge is 0.498 e. The maximum absolute atomic E-state index is 13.7. The van der Waals surface area contributed by atoms with Gasteiger partial charge >= 0.3 is 13.2 Å². The number of pyridine rings is 2. The van der Waals surface area contributed by atoms with E-state index in [4.69, 9.17) is 31.4 Å². The summed E-state index contributed by atoms with van der Waals surface area (Å²) in [5.74, 6) is 1.09. The molecule has 6 aromatic rings. The molecule has 2 aromatic carbocycles. The van der Waals surface area contributed by atoms with Crippen LogP contribution in [-0.2, 0) is 36.5 Å². The Labute approximate surface area is 413 Å². The van der Waals surface area contributed by atoms with Gasteiger partial charge in [-0.25, -0.2) is 23.5 Å². The van der Waals surface area contributed by atoms with Crippen molar-refractivity contribution in [1.29, 1.82) is 0 Å². The van der Waals surface area contributed by atoms with Crippen molar-refractivity contribution in [1.82, 2.24) is 29.9 Å². The third-order valence-electron chi connectivity index (χ3n) is 12.5. The maximum Gasteiger partial charge on any atom is 0.498 e. The van der Waals surface area contributed by atoms with Crippen molar-refractivity contribution in [2.45, 2.75) is 91.0 Å². The van der Waals surface area contributed by atoms with Gasteiger partial charge < -0.3 is 23.5 Å². The first-order valence-electron chi connectivity index (χ1n) is 23.2. The first-order chi connectivity index (χ1) is 33.6. The number of benzene rings is 2. The van der Waals surface area contributed by atoms with Crippen LogP contribution in [0, 0.1) is 23.5 Å². The Morgan fingerprint density at radius 3 is 1.76 bits per heavy atom. The van der Waals surface area contributed by atoms with E-state index < -0.39 is 30.0 Å². The van der Waals surface area contributed by atoms with E-state index in [1.807, 2.05) is 60.6 Å². The summed E-state index contributed by atoms with van der Waals surface area (Å²) in [6.07, 6.45) is 11.8. The van der Waals surface area contributed by atoms with Gasteiger partial charge in [-0.2, -0.15) is 14.9 Å². The minimum atomic E-state index is -0.562. The molecule has 3 fully saturated rings. The molecule has 20 heteroatoms. The van der Waals surface area contributed by atoms with Crippen molar-refractivity contribution in [2.75, 3.05) is 37.1 Å². The summed E-state index contributed by atoms with van der Waals surface area (Å²) < 4.78 is 55.7. The first-order valence-corrected chi connectivity index (χ1v) is 23.2. The molecule has 1 N–H and O–H groups in total. The molecule has 2 unspecified atom stereocenters. The molecule has 2 radical (unpaired) electrons. The monoisotopic (exact) mass is 970 g/mol. The van der Waals surface area contributed by atoms with Crippen LogP contribution in [0.4, 0.5) is 25.2 Å². The smallest absolute Gasteiger partial charge is 0.497 e. The van der Waals surface area contributed by atoms with Gasteiger partial charge in [0.15, 0.2) is 0 Å². The summed E-state index contributed by atoms with van der Waals surface area (Å²) in [5, 5.41) is 10.7. The molecule has 2 amide bonds. The van der Waals surface area contributed by atoms with Gasteiger partial charge in [-0.1, -0.05) is 11.5 Å². The highest BCUT2D eigenvalue weighted by atomic mass is 19.1. The summed E-state index contributed by atoms with van der Waals surface area (Å²) in [5.41, 5.74) is 3.23. The number of hydrogen-bond donors (Lipinski definition) is 1. The van der Waals surface area contributed by atoms with Crippen LogP contribution >= 0.6 is 0 Å². The van der Waals surface area contributed by atoms with Gasteiger partial charge in [0, 0.05) is 84.6 Å². The summed E-state index contributed by atoms with van der Waals surface area (Å²) in [6, 6.07) is 16.3. The van der Waals surface area contributed by atoms with Crippen LogP contribution in [-0.4, -0.2) is 107 Å². The van der Waals surface area contributed by atoms with Crippen LogP contribution in [0.3, 0.4) is 0 Å². The standard InChI is InChI=1S/C20H19FN4O2.C17H16BFN2O2.C14H23BN2O4/c1-27-18-8-13(7-17(21)9-18)6-14-4-5-25(20(14)26)19-3-2-15(10-22-19)16-11-23-24-12-16;1-23-15-8-11(7-14(19)9-15)6-12-4-5-21(17(12)22)16-3-2-13(18)10-20-16;1-12(2,3)19-11(18)17-9-10(8-16-17)15-20-13(4,5)14(6,7)21-15/h2-3,7-12,14H,4-6H2,1H3,(H,23,24);2-3,7-10,12H,4-6H2,1H3;8-9H,1-7H3. The molecule has 71 heavy (non-hydrogen) atoms. The summed E-state index contributed by atoms with van der Waals surface area (Å²) in [4.78, 5) is 49.3. The number of ether oxygens (including phenoxy) is 3. The van der Waals surface area contributed by atoms with E-state index in [1.54, 1.807) is 65.0 Å². The van der Waals surface area contributed by atoms with Gasteiger partial charge in [-0.3, -0.25) is 24.5 Å². The molecule has 9 rings (SSSR count). The zero-order valence-electron chi connectivity index (χ0n) is 41.4. The summed E-state index contributed by atoms with van der Waals surface area (Å²) >= 11 is 0. The van der Waals surface area contributed by atoms with Crippen molar-refractivity contribution < 1.29 is 46.7 Å². The zero-order chi connectivity index (χ0) is 51.3. The number of aromatic amines is 1. The van der Waals surface area contributed by atoms with E-state index in [9.17, 15) is 23.2 Å². The minimum absolute atomic E-state index is 0.00509. The quantitative estimate of drug-likeness (QED) is 0.142. The van der Waals surface area contributed by atoms with Gasteiger partial charge in [0.1, 0.15) is 48.2 Å². The van der Waals surface area contributed by atoms with Crippen molar-refractivity contribution in [2.24, 2.45) is 11.8 Å². The predicted molar refractivity (Wildman–Crippen MR) is 265 cm³/mol. The van der Waals surface area contributed by atoms with Gasteiger partial charge in [-0.15, -0.1) is 0 Å². The second kappa shape index (κ2) is 21.6. The topological polar surface area (TPSA) is 176 Å². The second-order valence-corrected chi connectivity index (χ2v) is 19.5. The fraction of sp³-hybridized carbons (Fsp3) is 0.392. The van der Waals surface area contributed by atoms with E-state index in [2.05, 4.69) is 25.3 Å². The van der Waals surface area contributed by atoms with Crippen LogP contribution in [0.2, 0.25) is 0 Å². The Bertz CT molecular complexity index is 2790. The Morgan fingerprint density at radius 1 is 0.775 bits per heavy atom. The number of H-pyrrole nitrogens is 1. The lowest BCUT2D eigenvalue weighted by molar-refractivity contribution is -0.121. The Kier molecular flexibility index (Phi) is 15.8. The zero-order valence-corrected chi connectivity index (χ0v) is 41.4. The van der Waals surface area contributed by atoms with E-state index in [0.717, 1.165) is 26.9 Å². The summed E-state index contributed by atoms with van der Waals surface area (Å²) in [7, 11) is 8.08. The highest BCUT2D eigenvalue weighted by molar-refractivity contribution is 6.62. The number of amides is 2. The van der Waals surface area contributed by atoms with Crippen molar-refractivity contribution in [3.8, 4) is 22.6 Å². The lowest BCUT2D eigenvalue weighted by atomic mass is 9.82. The lowest BCUT2D eigenvalue weighted by Gasteiger charge is -2.32. The molecule has 370 valence electrons. The molecule has 7 heterocycles. The van der Waals surface area contributed by atoms with Crippen LogP contribution < -0.4 is 30.2 Å². The number of carbonyl (C=O) groups excluding carboxylic acids is 3. The number of hydrogen-bond acceptors (Lipinski definition) is 12. The average molecular weight is 971 g/mol. The van der Waals surface area contributed by atoms with Gasteiger partial charge in [0.05, 0.1) is 31.6 Å². The number of aromatic nitrogens is 6. The van der Waals surface area contributed by atoms with E-state index in [-0.39, 0.29) is 35.3 Å². The first kappa shape index (κ1) is 51.9. The highest BCUT2D eigenvalue weighted by Gasteiger charge is 2.52. The van der Waals surface area contributed by atoms with Crippen molar-refractivity contribution in [3.05, 3.63) is 121 Å². The second-order valence-electron chi connectivity index (χ2n) is 19.5. The number of halogens is 2. The molecular weight excluding hydrogens is 912 g/mol. The normalized spacial score (nSPS) is 18.2. The van der Waals surface area contributed by atoms with Gasteiger partial charge in [0.2, 0.25) is 11.8 Å². The Morgan fingerprint density at radius 2 is 1.31 bits per heavy atom. The number of nitrogens with zero attached hydrogens (tertiary/aromatic N) is 7. The van der Waals surface area contributed by atoms with Gasteiger partial charge in [0.25, 0.3) is 0 Å². The van der Waals surface area contributed by atoms with E-state index in [1.165, 1.54) is 44.7 Å². The third-order valence-corrected chi connectivity index (χ3v) is 12.5. The molecule has 3 aliphatic rings. The Balaban J connectivity index is 0.000000158. The fourth-order valence-electron chi connectivity index (χ4n) is 8.12. The van der Waals surface area contributed by atoms with Crippen molar-refractivity contribution >= 4 is 55.4 Å². The van der Waals surface area contributed by atoms with Crippen LogP contribution in [0.25, 0.3) is 11.1 Å².